The molecule has 0 saturated heterocycles. The molecule has 1 fully saturated rings. The summed E-state index contributed by atoms with van der Waals surface area (Å²) in [6.07, 6.45) is 3.20. The van der Waals surface area contributed by atoms with Gasteiger partial charge in [0.1, 0.15) is 0 Å². The molecule has 2 N–H and O–H groups in total. The summed E-state index contributed by atoms with van der Waals surface area (Å²) in [7, 11) is -1.70. The number of carbonyl (C=O) groups is 1. The quantitative estimate of drug-likeness (QED) is 0.591. The van der Waals surface area contributed by atoms with Gasteiger partial charge in [0.15, 0.2) is 0 Å². The van der Waals surface area contributed by atoms with Crippen LogP contribution in [-0.4, -0.2) is 45.1 Å². The lowest BCUT2D eigenvalue weighted by Crippen LogP contribution is -2.49. The van der Waals surface area contributed by atoms with Crippen LogP contribution in [0.4, 0.5) is 4.79 Å². The third-order valence-electron chi connectivity index (χ3n) is 2.91. The Morgan fingerprint density at radius 2 is 1.79 bits per heavy atom. The Morgan fingerprint density at radius 3 is 2.21 bits per heavy atom. The Bertz CT molecular complexity index is 442. The fraction of sp³-hybridized carbons (Fsp3) is 0.800. The first-order valence-corrected chi connectivity index (χ1v) is 7.43. The average molecular weight is 293 g/mol. The highest BCUT2D eigenvalue weighted by Gasteiger charge is 2.33. The fourth-order valence-electron chi connectivity index (χ4n) is 2.10. The molecule has 0 aromatic heterocycles. The van der Waals surface area contributed by atoms with E-state index in [9.17, 15) is 13.2 Å². The molecule has 1 aliphatic carbocycles. The molecule has 0 unspecified atom stereocenters. The monoisotopic (exact) mass is 293 g/mol. The van der Waals surface area contributed by atoms with Crippen LogP contribution in [-0.2, 0) is 19.7 Å². The van der Waals surface area contributed by atoms with Crippen LogP contribution < -0.4 is 5.14 Å². The van der Waals surface area contributed by atoms with Crippen LogP contribution in [0.3, 0.4) is 0 Å². The molecule has 1 aliphatic rings. The Kier molecular flexibility index (Phi) is 5.55. The van der Waals surface area contributed by atoms with Crippen LogP contribution in [0, 0.1) is 0 Å². The van der Waals surface area contributed by atoms with Crippen LogP contribution in [0.2, 0.25) is 0 Å². The maximum atomic E-state index is 11.7. The second-order valence-electron chi connectivity index (χ2n) is 4.20. The molecule has 9 heteroatoms. The number of methoxy groups -OCH3 is 2. The Hall–Kier alpha value is -1.35. The summed E-state index contributed by atoms with van der Waals surface area (Å²) in [6.45, 7) is 0. The van der Waals surface area contributed by atoms with E-state index in [1.165, 1.54) is 7.11 Å². The summed E-state index contributed by atoms with van der Waals surface area (Å²) in [6, 6.07) is -0.701. The number of hydrogen-bond acceptors (Lipinski definition) is 5. The van der Waals surface area contributed by atoms with Crippen LogP contribution in [0.25, 0.3) is 0 Å². The van der Waals surface area contributed by atoms with Crippen molar-refractivity contribution >= 4 is 22.3 Å². The summed E-state index contributed by atoms with van der Waals surface area (Å²) < 4.78 is 33.5. The van der Waals surface area contributed by atoms with E-state index >= 15 is 0 Å². The van der Waals surface area contributed by atoms with Crippen molar-refractivity contribution in [2.75, 3.05) is 14.2 Å². The van der Waals surface area contributed by atoms with Crippen molar-refractivity contribution in [1.29, 1.82) is 0 Å². The van der Waals surface area contributed by atoms with Gasteiger partial charge in [0, 0.05) is 0 Å². The van der Waals surface area contributed by atoms with Crippen LogP contribution in [0.1, 0.15) is 32.1 Å². The molecule has 0 aliphatic heterocycles. The number of aliphatic imine (C=N–C) groups is 1. The van der Waals surface area contributed by atoms with E-state index in [4.69, 9.17) is 9.88 Å². The standard InChI is InChI=1S/C10H19N3O5S/c1-17-9(12-10(14)18-2)13(19(11,15)16)8-6-4-3-5-7-8/h8H,3-7H2,1-2H3,(H2,11,15,16). The maximum Gasteiger partial charge on any atom is 0.437 e. The number of amides is 1. The zero-order valence-corrected chi connectivity index (χ0v) is 11.9. The molecule has 1 saturated carbocycles. The van der Waals surface area contributed by atoms with Gasteiger partial charge in [0.2, 0.25) is 0 Å². The maximum absolute atomic E-state index is 11.7. The lowest BCUT2D eigenvalue weighted by Gasteiger charge is -2.32. The van der Waals surface area contributed by atoms with Crippen molar-refractivity contribution in [3.8, 4) is 0 Å². The van der Waals surface area contributed by atoms with Crippen molar-refractivity contribution in [2.24, 2.45) is 10.1 Å². The van der Waals surface area contributed by atoms with E-state index in [2.05, 4.69) is 9.73 Å². The first-order valence-electron chi connectivity index (χ1n) is 5.93. The predicted octanol–water partition coefficient (Wildman–Crippen LogP) is 0.593. The van der Waals surface area contributed by atoms with Gasteiger partial charge in [-0.2, -0.15) is 8.42 Å². The Labute approximate surface area is 112 Å². The van der Waals surface area contributed by atoms with Crippen LogP contribution in [0.15, 0.2) is 4.99 Å². The largest absolute Gasteiger partial charge is 0.467 e. The van der Waals surface area contributed by atoms with Gasteiger partial charge in [-0.1, -0.05) is 19.3 Å². The van der Waals surface area contributed by atoms with Crippen molar-refractivity contribution in [2.45, 2.75) is 38.1 Å². The summed E-state index contributed by atoms with van der Waals surface area (Å²) in [4.78, 5) is 14.6. The number of ether oxygens (including phenoxy) is 2. The van der Waals surface area contributed by atoms with Crippen LogP contribution in [0.5, 0.6) is 0 Å². The minimum Gasteiger partial charge on any atom is -0.467 e. The number of hydrogen-bond donors (Lipinski definition) is 1. The Morgan fingerprint density at radius 1 is 1.21 bits per heavy atom. The second-order valence-corrected chi connectivity index (χ2v) is 5.62. The van der Waals surface area contributed by atoms with E-state index < -0.39 is 16.3 Å². The lowest BCUT2D eigenvalue weighted by molar-refractivity contribution is 0.180. The highest BCUT2D eigenvalue weighted by Crippen LogP contribution is 2.24. The van der Waals surface area contributed by atoms with E-state index in [1.54, 1.807) is 0 Å². The molecule has 8 nitrogen and oxygen atoms in total. The first kappa shape index (κ1) is 15.7. The van der Waals surface area contributed by atoms with Gasteiger partial charge in [0.25, 0.3) is 0 Å². The van der Waals surface area contributed by atoms with Gasteiger partial charge in [-0.3, -0.25) is 0 Å². The van der Waals surface area contributed by atoms with Gasteiger partial charge >= 0.3 is 22.3 Å². The highest BCUT2D eigenvalue weighted by atomic mass is 32.2. The molecule has 0 bridgehead atoms. The molecule has 1 amide bonds. The molecule has 0 aromatic rings. The van der Waals surface area contributed by atoms with E-state index in [0.29, 0.717) is 12.8 Å². The number of amidine groups is 1. The third-order valence-corrected chi connectivity index (χ3v) is 3.92. The normalized spacial score (nSPS) is 17.9. The van der Waals surface area contributed by atoms with Gasteiger partial charge in [-0.25, -0.2) is 14.2 Å². The zero-order valence-electron chi connectivity index (χ0n) is 11.0. The molecule has 19 heavy (non-hydrogen) atoms. The second kappa shape index (κ2) is 6.71. The molecule has 1 rings (SSSR count). The molecule has 0 heterocycles. The van der Waals surface area contributed by atoms with E-state index in [0.717, 1.165) is 30.7 Å². The minimum absolute atomic E-state index is 0.341. The molecular weight excluding hydrogens is 274 g/mol. The number of carbonyl (C=O) groups excluding carboxylic acids is 1. The SMILES string of the molecule is COC(=O)N=C(OC)N(C1CCCCC1)S(N)(=O)=O. The molecule has 0 atom stereocenters. The first-order chi connectivity index (χ1) is 8.90. The van der Waals surface area contributed by atoms with Gasteiger partial charge in [0.05, 0.1) is 20.3 Å². The van der Waals surface area contributed by atoms with Crippen molar-refractivity contribution in [3.05, 3.63) is 0 Å². The molecule has 0 aromatic carbocycles. The molecule has 110 valence electrons. The average Bonchev–Trinajstić information content (AvgIpc) is 2.37. The van der Waals surface area contributed by atoms with Crippen molar-refractivity contribution in [3.63, 3.8) is 0 Å². The summed E-state index contributed by atoms with van der Waals surface area (Å²) >= 11 is 0. The summed E-state index contributed by atoms with van der Waals surface area (Å²) in [5.41, 5.74) is 0. The van der Waals surface area contributed by atoms with Gasteiger partial charge in [-0.05, 0) is 12.8 Å². The smallest absolute Gasteiger partial charge is 0.437 e. The van der Waals surface area contributed by atoms with E-state index in [-0.39, 0.29) is 12.1 Å². The number of rotatable bonds is 2. The topological polar surface area (TPSA) is 111 Å². The third kappa shape index (κ3) is 4.35. The summed E-state index contributed by atoms with van der Waals surface area (Å²) in [5, 5.41) is 5.19. The van der Waals surface area contributed by atoms with Crippen molar-refractivity contribution in [1.82, 2.24) is 4.31 Å². The molecular formula is C10H19N3O5S. The van der Waals surface area contributed by atoms with Gasteiger partial charge < -0.3 is 9.47 Å². The minimum atomic E-state index is -4.06. The Balaban J connectivity index is 3.07. The predicted molar refractivity (Wildman–Crippen MR) is 68.7 cm³/mol. The molecule has 0 radical (unpaired) electrons. The van der Waals surface area contributed by atoms with Crippen molar-refractivity contribution < 1.29 is 22.7 Å². The zero-order chi connectivity index (χ0) is 14.5. The number of nitrogens with zero attached hydrogens (tertiary/aromatic N) is 2. The number of nitrogens with two attached hydrogens (primary N) is 1. The van der Waals surface area contributed by atoms with E-state index in [1.807, 2.05) is 0 Å². The van der Waals surface area contributed by atoms with Crippen LogP contribution >= 0.6 is 0 Å². The lowest BCUT2D eigenvalue weighted by atomic mass is 9.96. The highest BCUT2D eigenvalue weighted by molar-refractivity contribution is 7.87. The fourth-order valence-corrected chi connectivity index (χ4v) is 3.06. The summed E-state index contributed by atoms with van der Waals surface area (Å²) in [5.74, 6) is 0. The molecule has 0 spiro atoms. The van der Waals surface area contributed by atoms with Gasteiger partial charge in [-0.15, -0.1) is 4.99 Å².